The van der Waals surface area contributed by atoms with Crippen LogP contribution in [0.25, 0.3) is 45.0 Å². The van der Waals surface area contributed by atoms with Crippen LogP contribution in [0.1, 0.15) is 6.42 Å². The monoisotopic (exact) mass is 576 g/mol. The van der Waals surface area contributed by atoms with Gasteiger partial charge in [-0.25, -0.2) is 19.9 Å². The number of hydrogen-bond donors (Lipinski definition) is 1. The van der Waals surface area contributed by atoms with Crippen molar-refractivity contribution in [2.24, 2.45) is 0 Å². The molecule has 0 saturated carbocycles. The summed E-state index contributed by atoms with van der Waals surface area (Å²) in [6.45, 7) is 0.0612. The Labute approximate surface area is 255 Å². The SMILES string of the molecule is O=CN(CCC(=O)Nc1nc(-c2ccccc2)cc(-c2ccccc2)n1)c1nc(-c2ccccc2)cc(-c2ccccc2)n1. The fourth-order valence-corrected chi connectivity index (χ4v) is 4.70. The number of rotatable bonds is 10. The van der Waals surface area contributed by atoms with E-state index in [1.54, 1.807) is 0 Å². The molecule has 2 heterocycles. The van der Waals surface area contributed by atoms with Crippen molar-refractivity contribution in [1.29, 1.82) is 0 Å². The first-order chi connectivity index (χ1) is 21.7. The summed E-state index contributed by atoms with van der Waals surface area (Å²) in [5.41, 5.74) is 6.30. The minimum Gasteiger partial charge on any atom is -0.294 e. The van der Waals surface area contributed by atoms with Crippen LogP contribution in [-0.2, 0) is 9.59 Å². The van der Waals surface area contributed by atoms with Gasteiger partial charge in [-0.15, -0.1) is 0 Å². The van der Waals surface area contributed by atoms with E-state index >= 15 is 0 Å². The lowest BCUT2D eigenvalue weighted by molar-refractivity contribution is -0.116. The standard InChI is InChI=1S/C36H28N6O2/c43-25-42(36-39-32(28-17-9-3-10-18-28)24-33(40-36)29-19-11-4-12-20-29)22-21-34(44)41-35-37-30(26-13-5-1-6-14-26)23-31(38-35)27-15-7-2-8-16-27/h1-20,23-25H,21-22H2,(H,37,38,41,44). The Kier molecular flexibility index (Phi) is 8.50. The van der Waals surface area contributed by atoms with E-state index in [9.17, 15) is 9.59 Å². The molecule has 0 radical (unpaired) electrons. The predicted molar refractivity (Wildman–Crippen MR) is 172 cm³/mol. The topological polar surface area (TPSA) is 101 Å². The van der Waals surface area contributed by atoms with Crippen LogP contribution in [0.3, 0.4) is 0 Å². The molecule has 2 amide bonds. The van der Waals surface area contributed by atoms with Crippen LogP contribution in [0, 0.1) is 0 Å². The molecule has 0 aliphatic carbocycles. The van der Waals surface area contributed by atoms with Gasteiger partial charge in [0.25, 0.3) is 0 Å². The molecule has 44 heavy (non-hydrogen) atoms. The molecule has 0 unspecified atom stereocenters. The lowest BCUT2D eigenvalue weighted by Crippen LogP contribution is -2.28. The minimum absolute atomic E-state index is 0.0159. The molecule has 0 aliphatic rings. The van der Waals surface area contributed by atoms with Gasteiger partial charge >= 0.3 is 0 Å². The lowest BCUT2D eigenvalue weighted by atomic mass is 10.1. The van der Waals surface area contributed by atoms with Gasteiger partial charge in [0.05, 0.1) is 22.8 Å². The largest absolute Gasteiger partial charge is 0.294 e. The summed E-state index contributed by atoms with van der Waals surface area (Å²) in [5.74, 6) is 0.0480. The molecule has 2 aromatic heterocycles. The molecular formula is C36H28N6O2. The highest BCUT2D eigenvalue weighted by molar-refractivity contribution is 5.90. The number of amides is 2. The van der Waals surface area contributed by atoms with Crippen molar-refractivity contribution in [1.82, 2.24) is 19.9 Å². The summed E-state index contributed by atoms with van der Waals surface area (Å²) in [6, 6.07) is 42.6. The van der Waals surface area contributed by atoms with E-state index in [1.165, 1.54) is 4.90 Å². The van der Waals surface area contributed by atoms with Crippen molar-refractivity contribution in [3.05, 3.63) is 133 Å². The van der Waals surface area contributed by atoms with E-state index in [-0.39, 0.29) is 30.8 Å². The van der Waals surface area contributed by atoms with Crippen LogP contribution in [0.5, 0.6) is 0 Å². The second-order valence-corrected chi connectivity index (χ2v) is 9.96. The number of aromatic nitrogens is 4. The molecule has 0 aliphatic heterocycles. The zero-order valence-corrected chi connectivity index (χ0v) is 23.7. The number of nitrogens with one attached hydrogen (secondary N) is 1. The third-order valence-corrected chi connectivity index (χ3v) is 6.93. The Balaban J connectivity index is 1.24. The van der Waals surface area contributed by atoms with Crippen LogP contribution in [0.2, 0.25) is 0 Å². The van der Waals surface area contributed by atoms with Gasteiger partial charge in [-0.1, -0.05) is 121 Å². The maximum Gasteiger partial charge on any atom is 0.233 e. The highest BCUT2D eigenvalue weighted by Gasteiger charge is 2.17. The molecule has 214 valence electrons. The number of benzene rings is 4. The zero-order chi connectivity index (χ0) is 30.1. The Morgan fingerprint density at radius 1 is 0.568 bits per heavy atom. The number of hydrogen-bond acceptors (Lipinski definition) is 6. The quantitative estimate of drug-likeness (QED) is 0.178. The van der Waals surface area contributed by atoms with Crippen LogP contribution < -0.4 is 10.2 Å². The highest BCUT2D eigenvalue weighted by Crippen LogP contribution is 2.27. The van der Waals surface area contributed by atoms with Gasteiger partial charge in [0.15, 0.2) is 0 Å². The molecule has 6 aromatic rings. The van der Waals surface area contributed by atoms with Gasteiger partial charge in [0, 0.05) is 35.2 Å². The van der Waals surface area contributed by atoms with Gasteiger partial charge in [-0.05, 0) is 12.1 Å². The molecule has 8 nitrogen and oxygen atoms in total. The molecule has 0 saturated heterocycles. The van der Waals surface area contributed by atoms with Crippen molar-refractivity contribution in [3.63, 3.8) is 0 Å². The van der Waals surface area contributed by atoms with E-state index in [1.807, 2.05) is 133 Å². The Bertz CT molecular complexity index is 1750. The average Bonchev–Trinajstić information content (AvgIpc) is 3.10. The van der Waals surface area contributed by atoms with Crippen molar-refractivity contribution in [3.8, 4) is 45.0 Å². The predicted octanol–water partition coefficient (Wildman–Crippen LogP) is 6.93. The summed E-state index contributed by atoms with van der Waals surface area (Å²) in [4.78, 5) is 45.4. The van der Waals surface area contributed by atoms with Gasteiger partial charge in [-0.2, -0.15) is 0 Å². The number of nitrogens with zero attached hydrogens (tertiary/aromatic N) is 5. The van der Waals surface area contributed by atoms with Gasteiger partial charge in [0.1, 0.15) is 0 Å². The average molecular weight is 577 g/mol. The Morgan fingerprint density at radius 3 is 1.30 bits per heavy atom. The summed E-state index contributed by atoms with van der Waals surface area (Å²) >= 11 is 0. The molecule has 4 aromatic carbocycles. The van der Waals surface area contributed by atoms with Crippen molar-refractivity contribution in [2.75, 3.05) is 16.8 Å². The number of carbonyl (C=O) groups is 2. The lowest BCUT2D eigenvalue weighted by Gasteiger charge is -2.17. The summed E-state index contributed by atoms with van der Waals surface area (Å²) < 4.78 is 0. The summed E-state index contributed by atoms with van der Waals surface area (Å²) in [5, 5.41) is 2.82. The molecular weight excluding hydrogens is 548 g/mol. The van der Waals surface area contributed by atoms with Gasteiger partial charge in [-0.3, -0.25) is 19.8 Å². The van der Waals surface area contributed by atoms with Crippen LogP contribution >= 0.6 is 0 Å². The van der Waals surface area contributed by atoms with E-state index in [2.05, 4.69) is 25.3 Å². The third-order valence-electron chi connectivity index (χ3n) is 6.93. The van der Waals surface area contributed by atoms with Crippen molar-refractivity contribution in [2.45, 2.75) is 6.42 Å². The van der Waals surface area contributed by atoms with Gasteiger partial charge in [0.2, 0.25) is 24.2 Å². The second-order valence-electron chi connectivity index (χ2n) is 9.96. The Morgan fingerprint density at radius 2 is 0.932 bits per heavy atom. The summed E-state index contributed by atoms with van der Waals surface area (Å²) in [7, 11) is 0. The second kappa shape index (κ2) is 13.3. The molecule has 0 spiro atoms. The molecule has 1 N–H and O–H groups in total. The summed E-state index contributed by atoms with van der Waals surface area (Å²) in [6.07, 6.45) is 0.629. The molecule has 0 bridgehead atoms. The first kappa shape index (κ1) is 28.1. The van der Waals surface area contributed by atoms with Crippen molar-refractivity contribution < 1.29 is 9.59 Å². The zero-order valence-electron chi connectivity index (χ0n) is 23.7. The smallest absolute Gasteiger partial charge is 0.233 e. The van der Waals surface area contributed by atoms with Crippen LogP contribution in [-0.4, -0.2) is 38.8 Å². The first-order valence-electron chi connectivity index (χ1n) is 14.2. The fourth-order valence-electron chi connectivity index (χ4n) is 4.70. The molecule has 6 rings (SSSR count). The van der Waals surface area contributed by atoms with Crippen LogP contribution in [0.15, 0.2) is 133 Å². The maximum atomic E-state index is 13.2. The maximum absolute atomic E-state index is 13.2. The first-order valence-corrected chi connectivity index (χ1v) is 14.2. The van der Waals surface area contributed by atoms with Crippen molar-refractivity contribution >= 4 is 24.2 Å². The van der Waals surface area contributed by atoms with Crippen LogP contribution in [0.4, 0.5) is 11.9 Å². The van der Waals surface area contributed by atoms with E-state index in [0.29, 0.717) is 29.2 Å². The normalized spacial score (nSPS) is 10.6. The highest BCUT2D eigenvalue weighted by atomic mass is 16.2. The third kappa shape index (κ3) is 6.71. The van der Waals surface area contributed by atoms with Gasteiger partial charge < -0.3 is 0 Å². The Hall–Kier alpha value is -6.02. The fraction of sp³-hybridized carbons (Fsp3) is 0.0556. The number of carbonyl (C=O) groups excluding carboxylic acids is 2. The van der Waals surface area contributed by atoms with E-state index in [0.717, 1.165) is 22.3 Å². The molecule has 0 fully saturated rings. The van der Waals surface area contributed by atoms with E-state index in [4.69, 9.17) is 0 Å². The number of anilines is 2. The minimum atomic E-state index is -0.344. The molecule has 8 heteroatoms. The van der Waals surface area contributed by atoms with E-state index < -0.39 is 0 Å². The molecule has 0 atom stereocenters.